The molecule has 0 spiro atoms. The van der Waals surface area contributed by atoms with Crippen molar-refractivity contribution < 1.29 is 12.6 Å². The first-order valence-electron chi connectivity index (χ1n) is 17.3. The van der Waals surface area contributed by atoms with Gasteiger partial charge >= 0.3 is 0 Å². The maximum absolute atomic E-state index is 8.77. The third kappa shape index (κ3) is 3.58. The largest absolute Gasteiger partial charge is 0.455 e. The van der Waals surface area contributed by atoms with Gasteiger partial charge < -0.3 is 4.42 Å². The highest BCUT2D eigenvalue weighted by atomic mass is 16.3. The summed E-state index contributed by atoms with van der Waals surface area (Å²) in [6.07, 6.45) is 0. The summed E-state index contributed by atoms with van der Waals surface area (Å²) in [7, 11) is 0. The summed E-state index contributed by atoms with van der Waals surface area (Å²) in [6.45, 7) is 0. The third-order valence-corrected chi connectivity index (χ3v) is 8.47. The molecular formula is C42H26O. The summed E-state index contributed by atoms with van der Waals surface area (Å²) in [5.41, 5.74) is 5.74. The van der Waals surface area contributed by atoms with Crippen LogP contribution in [-0.2, 0) is 0 Å². The van der Waals surface area contributed by atoms with Gasteiger partial charge in [-0.3, -0.25) is 0 Å². The first kappa shape index (κ1) is 18.7. The number of para-hydroxylation sites is 1. The molecule has 0 N–H and O–H groups in total. The predicted octanol–water partition coefficient (Wildman–Crippen LogP) is 12.0. The second kappa shape index (κ2) is 9.44. The predicted molar refractivity (Wildman–Crippen MR) is 183 cm³/mol. The van der Waals surface area contributed by atoms with Crippen LogP contribution in [0, 0.1) is 0 Å². The zero-order chi connectivity index (χ0) is 33.6. The van der Waals surface area contributed by atoms with E-state index >= 15 is 0 Å². The Kier molecular flexibility index (Phi) is 4.11. The van der Waals surface area contributed by atoms with Gasteiger partial charge in [0.25, 0.3) is 0 Å². The van der Waals surface area contributed by atoms with Crippen LogP contribution in [-0.4, -0.2) is 0 Å². The van der Waals surface area contributed by atoms with Crippen molar-refractivity contribution in [1.29, 1.82) is 0 Å². The van der Waals surface area contributed by atoms with E-state index in [1.807, 2.05) is 72.8 Å². The summed E-state index contributed by atoms with van der Waals surface area (Å²) in [6, 6.07) is 39.1. The number of hydrogen-bond acceptors (Lipinski definition) is 1. The summed E-state index contributed by atoms with van der Waals surface area (Å²) >= 11 is 0. The monoisotopic (exact) mass is 552 g/mol. The third-order valence-electron chi connectivity index (χ3n) is 8.47. The van der Waals surface area contributed by atoms with Crippen molar-refractivity contribution >= 4 is 54.3 Å². The number of hydrogen-bond donors (Lipinski definition) is 0. The van der Waals surface area contributed by atoms with Crippen molar-refractivity contribution in [3.05, 3.63) is 158 Å². The topological polar surface area (TPSA) is 13.1 Å². The summed E-state index contributed by atoms with van der Waals surface area (Å²) in [5, 5.41) is 7.80. The fraction of sp³-hybridized carbons (Fsp3) is 0. The van der Waals surface area contributed by atoms with Gasteiger partial charge in [0.15, 0.2) is 0 Å². The summed E-state index contributed by atoms with van der Waals surface area (Å²) < 4.78 is 57.6. The van der Waals surface area contributed by atoms with Gasteiger partial charge in [0.05, 0.1) is 8.22 Å². The van der Waals surface area contributed by atoms with E-state index in [1.165, 1.54) is 0 Å². The summed E-state index contributed by atoms with van der Waals surface area (Å²) in [5.74, 6) is 0. The van der Waals surface area contributed by atoms with E-state index in [-0.39, 0.29) is 29.7 Å². The van der Waals surface area contributed by atoms with E-state index in [2.05, 4.69) is 48.5 Å². The van der Waals surface area contributed by atoms with Crippen LogP contribution in [0.1, 0.15) is 8.22 Å². The molecule has 0 fully saturated rings. The highest BCUT2D eigenvalue weighted by Gasteiger charge is 2.22. The first-order chi connectivity index (χ1) is 23.8. The Morgan fingerprint density at radius 3 is 1.67 bits per heavy atom. The molecule has 0 saturated carbocycles. The van der Waals surface area contributed by atoms with Gasteiger partial charge in [-0.1, -0.05) is 145 Å². The molecule has 0 aliphatic rings. The van der Waals surface area contributed by atoms with Crippen LogP contribution in [0.2, 0.25) is 0 Å². The smallest absolute Gasteiger partial charge is 0.143 e. The summed E-state index contributed by atoms with van der Waals surface area (Å²) in [4.78, 5) is 0. The fourth-order valence-corrected chi connectivity index (χ4v) is 6.69. The highest BCUT2D eigenvalue weighted by molar-refractivity contribution is 6.27. The molecule has 0 bridgehead atoms. The van der Waals surface area contributed by atoms with Crippen molar-refractivity contribution in [1.82, 2.24) is 0 Å². The molecule has 0 atom stereocenters. The fourth-order valence-electron chi connectivity index (χ4n) is 6.69. The molecule has 9 aromatic rings. The zero-order valence-corrected chi connectivity index (χ0v) is 23.0. The van der Waals surface area contributed by atoms with Gasteiger partial charge in [0.1, 0.15) is 11.2 Å². The second-order valence-electron chi connectivity index (χ2n) is 10.7. The van der Waals surface area contributed by atoms with Crippen LogP contribution in [0.5, 0.6) is 0 Å². The van der Waals surface area contributed by atoms with Gasteiger partial charge in [-0.25, -0.2) is 0 Å². The second-order valence-corrected chi connectivity index (χ2v) is 10.7. The minimum Gasteiger partial charge on any atom is -0.455 e. The Balaban J connectivity index is 1.44. The van der Waals surface area contributed by atoms with Crippen molar-refractivity contribution in [2.24, 2.45) is 0 Å². The van der Waals surface area contributed by atoms with Crippen molar-refractivity contribution in [3.63, 3.8) is 0 Å². The average Bonchev–Trinajstić information content (AvgIpc) is 3.53. The van der Waals surface area contributed by atoms with E-state index in [0.29, 0.717) is 22.8 Å². The van der Waals surface area contributed by atoms with Gasteiger partial charge in [-0.15, -0.1) is 0 Å². The Hall–Kier alpha value is -5.66. The molecule has 0 unspecified atom stereocenters. The van der Waals surface area contributed by atoms with Crippen molar-refractivity contribution in [2.75, 3.05) is 0 Å². The van der Waals surface area contributed by atoms with Crippen molar-refractivity contribution in [3.8, 4) is 33.4 Å². The van der Waals surface area contributed by atoms with Crippen LogP contribution in [0.4, 0.5) is 0 Å². The number of fused-ring (bicyclic) bond motifs is 6. The molecule has 9 rings (SSSR count). The van der Waals surface area contributed by atoms with Crippen LogP contribution >= 0.6 is 0 Å². The van der Waals surface area contributed by atoms with E-state index in [0.717, 1.165) is 65.3 Å². The molecule has 0 aliphatic heterocycles. The van der Waals surface area contributed by atoms with E-state index in [9.17, 15) is 0 Å². The SMILES string of the molecule is [2H]c1c([2H])c([2H])c(-c2ccc(-c3c4ccccc4c(-c4ccc([2H])c5ccccc45)c4ccccc34)c3c2oc2ccccc23)c([2H])c1[2H]. The molecule has 1 nitrogen and oxygen atoms in total. The molecular weight excluding hydrogens is 520 g/mol. The first-order valence-corrected chi connectivity index (χ1v) is 14.3. The molecule has 0 saturated heterocycles. The Bertz CT molecular complexity index is 2770. The lowest BCUT2D eigenvalue weighted by Crippen LogP contribution is -1.92. The van der Waals surface area contributed by atoms with E-state index < -0.39 is 6.04 Å². The lowest BCUT2D eigenvalue weighted by Gasteiger charge is -2.19. The lowest BCUT2D eigenvalue weighted by atomic mass is 9.83. The molecule has 0 radical (unpaired) electrons. The molecule has 8 aromatic carbocycles. The Morgan fingerprint density at radius 2 is 0.977 bits per heavy atom. The highest BCUT2D eigenvalue weighted by Crippen LogP contribution is 2.49. The van der Waals surface area contributed by atoms with Crippen LogP contribution in [0.3, 0.4) is 0 Å². The maximum Gasteiger partial charge on any atom is 0.143 e. The molecule has 1 heterocycles. The quantitative estimate of drug-likeness (QED) is 0.199. The van der Waals surface area contributed by atoms with Gasteiger partial charge in [-0.2, -0.15) is 0 Å². The molecule has 1 heteroatoms. The minimum atomic E-state index is -0.431. The lowest BCUT2D eigenvalue weighted by molar-refractivity contribution is 0.670. The minimum absolute atomic E-state index is 0.108. The Morgan fingerprint density at radius 1 is 0.419 bits per heavy atom. The zero-order valence-electron chi connectivity index (χ0n) is 29.0. The average molecular weight is 553 g/mol. The van der Waals surface area contributed by atoms with Crippen LogP contribution < -0.4 is 0 Å². The molecule has 0 aliphatic carbocycles. The number of rotatable bonds is 3. The Labute approximate surface area is 257 Å². The molecule has 200 valence electrons. The number of benzene rings is 8. The normalized spacial score (nSPS) is 13.7. The molecule has 43 heavy (non-hydrogen) atoms. The van der Waals surface area contributed by atoms with Crippen LogP contribution in [0.15, 0.2) is 162 Å². The number of furan rings is 1. The van der Waals surface area contributed by atoms with Gasteiger partial charge in [0, 0.05) is 16.3 Å². The standard InChI is InChI=1S/C42H26O/c1-2-13-28(14-3-1)30-25-26-37(41-36-22-10-11-24-38(36)43-42(30)41)40-34-20-8-6-18-32(34)39(33-19-7-9-21-35(33)40)31-23-12-16-27-15-4-5-17-29(27)31/h1-26H/i1D,2D,3D,13D,14D,16D. The van der Waals surface area contributed by atoms with Gasteiger partial charge in [-0.05, 0) is 72.3 Å². The van der Waals surface area contributed by atoms with E-state index in [1.54, 1.807) is 0 Å². The molecule has 1 aromatic heterocycles. The van der Waals surface area contributed by atoms with E-state index in [4.69, 9.17) is 12.6 Å². The van der Waals surface area contributed by atoms with Gasteiger partial charge in [0.2, 0.25) is 0 Å². The van der Waals surface area contributed by atoms with Crippen molar-refractivity contribution in [2.45, 2.75) is 0 Å². The maximum atomic E-state index is 8.77. The molecule has 0 amide bonds. The van der Waals surface area contributed by atoms with Crippen LogP contribution in [0.25, 0.3) is 87.6 Å².